The number of nitrogens with one attached hydrogen (secondary N) is 1. The number of aliphatic hydroxyl groups excluding tert-OH is 1. The van der Waals surface area contributed by atoms with E-state index in [4.69, 9.17) is 16.7 Å². The zero-order valence-electron chi connectivity index (χ0n) is 9.90. The Kier molecular flexibility index (Phi) is 4.84. The van der Waals surface area contributed by atoms with Crippen molar-refractivity contribution >= 4 is 17.5 Å². The van der Waals surface area contributed by atoms with Gasteiger partial charge in [0.1, 0.15) is 10.8 Å². The molecule has 0 aromatic carbocycles. The monoisotopic (exact) mass is 257 g/mol. The van der Waals surface area contributed by atoms with E-state index in [2.05, 4.69) is 15.3 Å². The molecule has 0 atom stereocenters. The van der Waals surface area contributed by atoms with Gasteiger partial charge in [0.15, 0.2) is 0 Å². The van der Waals surface area contributed by atoms with Gasteiger partial charge in [-0.25, -0.2) is 4.98 Å². The van der Waals surface area contributed by atoms with Crippen molar-refractivity contribution in [3.63, 3.8) is 0 Å². The summed E-state index contributed by atoms with van der Waals surface area (Å²) in [6, 6.07) is 0. The van der Waals surface area contributed by atoms with Crippen LogP contribution < -0.4 is 5.32 Å². The lowest BCUT2D eigenvalue weighted by atomic mass is 9.90. The molecule has 0 saturated carbocycles. The van der Waals surface area contributed by atoms with Crippen molar-refractivity contribution < 1.29 is 9.90 Å². The maximum absolute atomic E-state index is 11.7. The molecule has 0 aliphatic rings. The molecule has 1 aromatic rings. The molecule has 6 heteroatoms. The van der Waals surface area contributed by atoms with Gasteiger partial charge in [-0.2, -0.15) is 0 Å². The molecule has 0 fully saturated rings. The number of nitrogens with zero attached hydrogens (tertiary/aromatic N) is 2. The average Bonchev–Trinajstić information content (AvgIpc) is 2.26. The van der Waals surface area contributed by atoms with Crippen LogP contribution in [0.15, 0.2) is 12.4 Å². The molecule has 0 spiro atoms. The number of aliphatic hydroxyl groups is 1. The Morgan fingerprint density at radius 3 is 2.82 bits per heavy atom. The van der Waals surface area contributed by atoms with Crippen molar-refractivity contribution in [3.8, 4) is 0 Å². The first-order chi connectivity index (χ1) is 7.94. The summed E-state index contributed by atoms with van der Waals surface area (Å²) in [6.07, 6.45) is 3.35. The smallest absolute Gasteiger partial charge is 0.271 e. The second-order valence-corrected chi connectivity index (χ2v) is 4.93. The topological polar surface area (TPSA) is 75.1 Å². The fraction of sp³-hybridized carbons (Fsp3) is 0.545. The normalized spacial score (nSPS) is 11.3. The first-order valence-electron chi connectivity index (χ1n) is 5.31. The molecule has 17 heavy (non-hydrogen) atoms. The predicted molar refractivity (Wildman–Crippen MR) is 64.9 cm³/mol. The highest BCUT2D eigenvalue weighted by atomic mass is 35.5. The zero-order valence-corrected chi connectivity index (χ0v) is 10.7. The van der Waals surface area contributed by atoms with Gasteiger partial charge in [0, 0.05) is 13.2 Å². The van der Waals surface area contributed by atoms with Gasteiger partial charge in [0.25, 0.3) is 5.91 Å². The molecule has 0 radical (unpaired) electrons. The van der Waals surface area contributed by atoms with Crippen molar-refractivity contribution in [2.75, 3.05) is 13.2 Å². The lowest BCUT2D eigenvalue weighted by Gasteiger charge is -2.23. The fourth-order valence-corrected chi connectivity index (χ4v) is 1.40. The van der Waals surface area contributed by atoms with Gasteiger partial charge in [0.05, 0.1) is 12.4 Å². The number of halogens is 1. The minimum Gasteiger partial charge on any atom is -0.396 e. The number of rotatable bonds is 5. The van der Waals surface area contributed by atoms with Crippen LogP contribution in [-0.4, -0.2) is 34.1 Å². The Hall–Kier alpha value is -1.20. The van der Waals surface area contributed by atoms with E-state index in [1.165, 1.54) is 12.4 Å². The van der Waals surface area contributed by atoms with Crippen LogP contribution in [0.3, 0.4) is 0 Å². The summed E-state index contributed by atoms with van der Waals surface area (Å²) in [5.74, 6) is -0.314. The highest BCUT2D eigenvalue weighted by molar-refractivity contribution is 6.29. The van der Waals surface area contributed by atoms with E-state index in [0.29, 0.717) is 13.0 Å². The van der Waals surface area contributed by atoms with Crippen LogP contribution in [0.4, 0.5) is 0 Å². The zero-order chi connectivity index (χ0) is 12.9. The summed E-state index contributed by atoms with van der Waals surface area (Å²) >= 11 is 5.64. The molecular formula is C11H16ClN3O2. The predicted octanol–water partition coefficient (Wildman–Crippen LogP) is 1.27. The van der Waals surface area contributed by atoms with Gasteiger partial charge >= 0.3 is 0 Å². The first-order valence-corrected chi connectivity index (χ1v) is 5.69. The summed E-state index contributed by atoms with van der Waals surface area (Å²) in [5.41, 5.74) is 0.0356. The van der Waals surface area contributed by atoms with E-state index in [0.717, 1.165) is 0 Å². The maximum atomic E-state index is 11.7. The summed E-state index contributed by atoms with van der Waals surface area (Å²) in [5, 5.41) is 11.8. The molecule has 0 bridgehead atoms. The van der Waals surface area contributed by atoms with Gasteiger partial charge in [-0.05, 0) is 11.8 Å². The minimum atomic E-state index is -0.314. The number of aromatic nitrogens is 2. The molecule has 5 nitrogen and oxygen atoms in total. The molecule has 1 heterocycles. The van der Waals surface area contributed by atoms with Gasteiger partial charge in [-0.1, -0.05) is 25.4 Å². The summed E-state index contributed by atoms with van der Waals surface area (Å²) in [4.78, 5) is 19.4. The Bertz CT molecular complexity index is 396. The van der Waals surface area contributed by atoms with E-state index >= 15 is 0 Å². The number of amides is 1. The number of carbonyl (C=O) groups excluding carboxylic acids is 1. The molecule has 1 amide bonds. The third-order valence-corrected chi connectivity index (χ3v) is 2.54. The van der Waals surface area contributed by atoms with Crippen LogP contribution in [0.25, 0.3) is 0 Å². The SMILES string of the molecule is CC(C)(CCO)CNC(=O)c1cncc(Cl)n1. The number of hydrogen-bond acceptors (Lipinski definition) is 4. The lowest BCUT2D eigenvalue weighted by Crippen LogP contribution is -2.35. The second-order valence-electron chi connectivity index (χ2n) is 4.55. The van der Waals surface area contributed by atoms with Crippen LogP contribution in [0.2, 0.25) is 5.15 Å². The molecule has 1 aromatic heterocycles. The summed E-state index contributed by atoms with van der Waals surface area (Å²) in [7, 11) is 0. The van der Waals surface area contributed by atoms with E-state index in [-0.39, 0.29) is 28.8 Å². The molecule has 0 saturated heterocycles. The van der Waals surface area contributed by atoms with Crippen LogP contribution in [-0.2, 0) is 0 Å². The lowest BCUT2D eigenvalue weighted by molar-refractivity contribution is 0.0923. The van der Waals surface area contributed by atoms with E-state index in [9.17, 15) is 4.79 Å². The Labute approximate surface area is 105 Å². The summed E-state index contributed by atoms with van der Waals surface area (Å²) < 4.78 is 0. The van der Waals surface area contributed by atoms with Gasteiger partial charge in [-0.15, -0.1) is 0 Å². The molecule has 0 unspecified atom stereocenters. The molecule has 0 aliphatic carbocycles. The average molecular weight is 258 g/mol. The minimum absolute atomic E-state index is 0.0971. The van der Waals surface area contributed by atoms with Gasteiger partial charge in [0.2, 0.25) is 0 Å². The highest BCUT2D eigenvalue weighted by Crippen LogP contribution is 2.18. The van der Waals surface area contributed by atoms with Crippen molar-refractivity contribution in [2.24, 2.45) is 5.41 Å². The fourth-order valence-electron chi connectivity index (χ4n) is 1.25. The van der Waals surface area contributed by atoms with Gasteiger partial charge < -0.3 is 10.4 Å². The first kappa shape index (κ1) is 13.9. The molecular weight excluding hydrogens is 242 g/mol. The standard InChI is InChI=1S/C11H16ClN3O2/c1-11(2,3-4-16)7-14-10(17)8-5-13-6-9(12)15-8/h5-6,16H,3-4,7H2,1-2H3,(H,14,17). The highest BCUT2D eigenvalue weighted by Gasteiger charge is 2.19. The quantitative estimate of drug-likeness (QED) is 0.833. The molecule has 2 N–H and O–H groups in total. The van der Waals surface area contributed by atoms with Crippen LogP contribution in [0.5, 0.6) is 0 Å². The number of hydrogen-bond donors (Lipinski definition) is 2. The van der Waals surface area contributed by atoms with Crippen LogP contribution >= 0.6 is 11.6 Å². The number of carbonyl (C=O) groups is 1. The Balaban J connectivity index is 2.56. The van der Waals surface area contributed by atoms with Crippen LogP contribution in [0, 0.1) is 5.41 Å². The van der Waals surface area contributed by atoms with Crippen molar-refractivity contribution in [2.45, 2.75) is 20.3 Å². The second kappa shape index (κ2) is 5.93. The van der Waals surface area contributed by atoms with E-state index in [1.54, 1.807) is 0 Å². The molecule has 94 valence electrons. The van der Waals surface area contributed by atoms with Crippen LogP contribution in [0.1, 0.15) is 30.8 Å². The third kappa shape index (κ3) is 4.66. The van der Waals surface area contributed by atoms with Crippen molar-refractivity contribution in [1.82, 2.24) is 15.3 Å². The van der Waals surface area contributed by atoms with Crippen molar-refractivity contribution in [1.29, 1.82) is 0 Å². The molecule has 0 aliphatic heterocycles. The third-order valence-electron chi connectivity index (χ3n) is 2.35. The Morgan fingerprint density at radius 1 is 1.53 bits per heavy atom. The maximum Gasteiger partial charge on any atom is 0.271 e. The molecule has 1 rings (SSSR count). The van der Waals surface area contributed by atoms with E-state index in [1.807, 2.05) is 13.8 Å². The van der Waals surface area contributed by atoms with Crippen molar-refractivity contribution in [3.05, 3.63) is 23.2 Å². The van der Waals surface area contributed by atoms with Gasteiger partial charge in [-0.3, -0.25) is 9.78 Å². The Morgan fingerprint density at radius 2 is 2.24 bits per heavy atom. The largest absolute Gasteiger partial charge is 0.396 e. The van der Waals surface area contributed by atoms with E-state index < -0.39 is 0 Å². The summed E-state index contributed by atoms with van der Waals surface area (Å²) in [6.45, 7) is 4.49.